The fourth-order valence-corrected chi connectivity index (χ4v) is 2.19. The molecule has 0 fully saturated rings. The van der Waals surface area contributed by atoms with Crippen molar-refractivity contribution in [2.75, 3.05) is 0 Å². The van der Waals surface area contributed by atoms with Crippen molar-refractivity contribution < 1.29 is 13.2 Å². The zero-order valence-electron chi connectivity index (χ0n) is 12.0. The third-order valence-corrected chi connectivity index (χ3v) is 3.33. The highest BCUT2D eigenvalue weighted by Gasteiger charge is 2.09. The van der Waals surface area contributed by atoms with Crippen LogP contribution < -0.4 is 0 Å². The smallest absolute Gasteiger partial charge is 0.134 e. The molecule has 0 unspecified atom stereocenters. The van der Waals surface area contributed by atoms with Crippen LogP contribution in [-0.4, -0.2) is 0 Å². The molecule has 0 bridgehead atoms. The first-order valence-electron chi connectivity index (χ1n) is 6.90. The molecule has 0 saturated heterocycles. The lowest BCUT2D eigenvalue weighted by Gasteiger charge is -2.00. The first-order valence-corrected chi connectivity index (χ1v) is 6.90. The average Bonchev–Trinajstić information content (AvgIpc) is 3.03. The Hall–Kier alpha value is -3.19. The largest absolute Gasteiger partial charge is 0.457 e. The Balaban J connectivity index is 1.95. The summed E-state index contributed by atoms with van der Waals surface area (Å²) in [5, 5.41) is 9.25. The molecule has 0 aliphatic heterocycles. The van der Waals surface area contributed by atoms with Gasteiger partial charge in [-0.15, -0.1) is 0 Å². The molecule has 1 heterocycles. The SMILES string of the molecule is N#C/C(=C/c1ccc(-c2ccc(F)cc2)o1)c1ccccc1F. The lowest BCUT2D eigenvalue weighted by molar-refractivity contribution is 0.571. The Morgan fingerprint density at radius 2 is 1.70 bits per heavy atom. The van der Waals surface area contributed by atoms with E-state index in [4.69, 9.17) is 4.42 Å². The summed E-state index contributed by atoms with van der Waals surface area (Å²) in [5.74, 6) is 0.170. The number of furan rings is 1. The first kappa shape index (κ1) is 14.7. The second-order valence-corrected chi connectivity index (χ2v) is 4.86. The van der Waals surface area contributed by atoms with Gasteiger partial charge in [0.05, 0.1) is 11.6 Å². The normalized spacial score (nSPS) is 11.3. The number of nitrogens with zero attached hydrogens (tertiary/aromatic N) is 1. The minimum atomic E-state index is -0.467. The van der Waals surface area contributed by atoms with Gasteiger partial charge in [0.25, 0.3) is 0 Å². The van der Waals surface area contributed by atoms with Gasteiger partial charge >= 0.3 is 0 Å². The number of halogens is 2. The van der Waals surface area contributed by atoms with E-state index in [1.165, 1.54) is 30.3 Å². The first-order chi connectivity index (χ1) is 11.2. The zero-order chi connectivity index (χ0) is 16.2. The van der Waals surface area contributed by atoms with E-state index in [0.29, 0.717) is 11.5 Å². The highest BCUT2D eigenvalue weighted by atomic mass is 19.1. The lowest BCUT2D eigenvalue weighted by Crippen LogP contribution is -1.86. The van der Waals surface area contributed by atoms with Gasteiger partial charge in [-0.3, -0.25) is 0 Å². The molecule has 2 aromatic carbocycles. The fraction of sp³-hybridized carbons (Fsp3) is 0. The molecule has 0 spiro atoms. The van der Waals surface area contributed by atoms with Crippen LogP contribution in [0.3, 0.4) is 0 Å². The van der Waals surface area contributed by atoms with E-state index in [0.717, 1.165) is 5.56 Å². The van der Waals surface area contributed by atoms with Gasteiger partial charge in [0.2, 0.25) is 0 Å². The molecule has 2 nitrogen and oxygen atoms in total. The molecule has 112 valence electrons. The van der Waals surface area contributed by atoms with Gasteiger partial charge in [-0.05, 0) is 48.5 Å². The Labute approximate surface area is 131 Å². The minimum Gasteiger partial charge on any atom is -0.457 e. The van der Waals surface area contributed by atoms with Crippen LogP contribution in [0.25, 0.3) is 23.0 Å². The van der Waals surface area contributed by atoms with Gasteiger partial charge < -0.3 is 4.42 Å². The molecule has 4 heteroatoms. The third-order valence-electron chi connectivity index (χ3n) is 3.33. The predicted molar refractivity (Wildman–Crippen MR) is 84.0 cm³/mol. The Morgan fingerprint density at radius 1 is 0.957 bits per heavy atom. The molecular weight excluding hydrogens is 296 g/mol. The summed E-state index contributed by atoms with van der Waals surface area (Å²) in [6.45, 7) is 0. The average molecular weight is 307 g/mol. The summed E-state index contributed by atoms with van der Waals surface area (Å²) in [5.41, 5.74) is 1.10. The van der Waals surface area contributed by atoms with E-state index in [1.807, 2.05) is 6.07 Å². The Morgan fingerprint density at radius 3 is 2.39 bits per heavy atom. The molecule has 1 aromatic heterocycles. The minimum absolute atomic E-state index is 0.170. The van der Waals surface area contributed by atoms with Crippen LogP contribution in [0.2, 0.25) is 0 Å². The predicted octanol–water partition coefficient (Wildman–Crippen LogP) is 5.29. The van der Waals surface area contributed by atoms with Gasteiger partial charge in [0, 0.05) is 11.1 Å². The van der Waals surface area contributed by atoms with Gasteiger partial charge in [-0.1, -0.05) is 18.2 Å². The highest BCUT2D eigenvalue weighted by molar-refractivity contribution is 5.89. The second-order valence-electron chi connectivity index (χ2n) is 4.86. The van der Waals surface area contributed by atoms with Gasteiger partial charge in [0.1, 0.15) is 23.2 Å². The van der Waals surface area contributed by atoms with Crippen molar-refractivity contribution in [1.29, 1.82) is 5.26 Å². The van der Waals surface area contributed by atoms with Crippen LogP contribution in [-0.2, 0) is 0 Å². The maximum atomic E-state index is 13.8. The van der Waals surface area contributed by atoms with Crippen LogP contribution in [0.4, 0.5) is 8.78 Å². The van der Waals surface area contributed by atoms with Gasteiger partial charge in [-0.25, -0.2) is 8.78 Å². The van der Waals surface area contributed by atoms with Crippen molar-refractivity contribution in [2.45, 2.75) is 0 Å². The van der Waals surface area contributed by atoms with Crippen molar-refractivity contribution in [3.8, 4) is 17.4 Å². The molecule has 0 saturated carbocycles. The fourth-order valence-electron chi connectivity index (χ4n) is 2.19. The van der Waals surface area contributed by atoms with Crippen LogP contribution >= 0.6 is 0 Å². The van der Waals surface area contributed by atoms with E-state index in [2.05, 4.69) is 0 Å². The van der Waals surface area contributed by atoms with Gasteiger partial charge in [0.15, 0.2) is 0 Å². The summed E-state index contributed by atoms with van der Waals surface area (Å²) >= 11 is 0. The van der Waals surface area contributed by atoms with Crippen LogP contribution in [0.15, 0.2) is 65.1 Å². The maximum Gasteiger partial charge on any atom is 0.134 e. The monoisotopic (exact) mass is 307 g/mol. The number of nitriles is 1. The lowest BCUT2D eigenvalue weighted by atomic mass is 10.1. The summed E-state index contributed by atoms with van der Waals surface area (Å²) in [7, 11) is 0. The topological polar surface area (TPSA) is 36.9 Å². The summed E-state index contributed by atoms with van der Waals surface area (Å²) < 4.78 is 32.3. The van der Waals surface area contributed by atoms with E-state index in [-0.39, 0.29) is 17.0 Å². The Bertz CT molecular complexity index is 902. The molecule has 0 atom stereocenters. The number of benzene rings is 2. The Kier molecular flexibility index (Phi) is 4.03. The van der Waals surface area contributed by atoms with Crippen LogP contribution in [0.5, 0.6) is 0 Å². The van der Waals surface area contributed by atoms with Crippen LogP contribution in [0.1, 0.15) is 11.3 Å². The number of hydrogen-bond acceptors (Lipinski definition) is 2. The quantitative estimate of drug-likeness (QED) is 0.616. The van der Waals surface area contributed by atoms with E-state index < -0.39 is 5.82 Å². The zero-order valence-corrected chi connectivity index (χ0v) is 12.0. The third kappa shape index (κ3) is 3.19. The molecule has 3 rings (SSSR count). The standard InChI is InChI=1S/C19H11F2NO/c20-15-7-5-13(6-8-15)19-10-9-16(23-19)11-14(12-22)17-3-1-2-4-18(17)21/h1-11H/b14-11-. The summed E-state index contributed by atoms with van der Waals surface area (Å²) in [6, 6.07) is 17.3. The number of allylic oxidation sites excluding steroid dienone is 1. The summed E-state index contributed by atoms with van der Waals surface area (Å²) in [4.78, 5) is 0. The summed E-state index contributed by atoms with van der Waals surface area (Å²) in [6.07, 6.45) is 1.48. The van der Waals surface area contributed by atoms with Crippen molar-refractivity contribution in [3.05, 3.63) is 83.6 Å². The van der Waals surface area contributed by atoms with E-state index in [1.54, 1.807) is 36.4 Å². The number of hydrogen-bond donors (Lipinski definition) is 0. The molecule has 0 radical (unpaired) electrons. The van der Waals surface area contributed by atoms with Crippen LogP contribution in [0, 0.1) is 23.0 Å². The number of rotatable bonds is 3. The highest BCUT2D eigenvalue weighted by Crippen LogP contribution is 2.26. The molecule has 0 aliphatic carbocycles. The maximum absolute atomic E-state index is 13.8. The van der Waals surface area contributed by atoms with E-state index in [9.17, 15) is 14.0 Å². The molecule has 0 N–H and O–H groups in total. The molecule has 23 heavy (non-hydrogen) atoms. The molecule has 3 aromatic rings. The van der Waals surface area contributed by atoms with E-state index >= 15 is 0 Å². The molecule has 0 amide bonds. The second kappa shape index (κ2) is 6.29. The van der Waals surface area contributed by atoms with Crippen molar-refractivity contribution in [1.82, 2.24) is 0 Å². The van der Waals surface area contributed by atoms with Crippen molar-refractivity contribution in [2.24, 2.45) is 0 Å². The molecule has 0 aliphatic rings. The van der Waals surface area contributed by atoms with Gasteiger partial charge in [-0.2, -0.15) is 5.26 Å². The van der Waals surface area contributed by atoms with Crippen molar-refractivity contribution >= 4 is 11.6 Å². The molecular formula is C19H11F2NO. The van der Waals surface area contributed by atoms with Crippen molar-refractivity contribution in [3.63, 3.8) is 0 Å².